The Labute approximate surface area is 187 Å². The number of nitro groups is 1. The number of aliphatic hydroxyl groups is 1. The molecule has 3 aromatic carbocycles. The molecule has 0 aliphatic carbocycles. The molecule has 32 heavy (non-hydrogen) atoms. The molecule has 0 spiro atoms. The highest BCUT2D eigenvalue weighted by Crippen LogP contribution is 2.38. The van der Waals surface area contributed by atoms with Crippen molar-refractivity contribution in [3.63, 3.8) is 0 Å². The normalized spacial score (nSPS) is 13.2. The van der Waals surface area contributed by atoms with Gasteiger partial charge in [-0.1, -0.05) is 54.1 Å². The lowest BCUT2D eigenvalue weighted by atomic mass is 9.98. The quantitative estimate of drug-likeness (QED) is 0.282. The summed E-state index contributed by atoms with van der Waals surface area (Å²) in [7, 11) is -4.11. The molecule has 0 fully saturated rings. The summed E-state index contributed by atoms with van der Waals surface area (Å²) in [5.74, 6) is 0. The van der Waals surface area contributed by atoms with Gasteiger partial charge in [0, 0.05) is 12.1 Å². The van der Waals surface area contributed by atoms with Crippen LogP contribution in [0.5, 0.6) is 0 Å². The van der Waals surface area contributed by atoms with E-state index in [0.29, 0.717) is 11.1 Å². The summed E-state index contributed by atoms with van der Waals surface area (Å²) in [6.45, 7) is 5.61. The lowest BCUT2D eigenvalue weighted by Crippen LogP contribution is -2.15. The van der Waals surface area contributed by atoms with E-state index in [0.717, 1.165) is 5.56 Å². The molecule has 0 bridgehead atoms. The van der Waals surface area contributed by atoms with Gasteiger partial charge in [-0.15, -0.1) is 6.58 Å². The summed E-state index contributed by atoms with van der Waals surface area (Å²) < 4.78 is 27.5. The third-order valence-corrected chi connectivity index (χ3v) is 7.00. The minimum absolute atomic E-state index is 0.0524. The Morgan fingerprint density at radius 2 is 1.62 bits per heavy atom. The van der Waals surface area contributed by atoms with E-state index < -0.39 is 20.9 Å². The van der Waals surface area contributed by atoms with Crippen molar-refractivity contribution >= 4 is 21.1 Å². The van der Waals surface area contributed by atoms with E-state index >= 15 is 0 Å². The minimum Gasteiger partial charge on any atom is -0.383 e. The van der Waals surface area contributed by atoms with Gasteiger partial charge in [0.25, 0.3) is 5.69 Å². The van der Waals surface area contributed by atoms with Crippen molar-refractivity contribution in [3.8, 4) is 0 Å². The van der Waals surface area contributed by atoms with Crippen molar-refractivity contribution in [3.05, 3.63) is 123 Å². The van der Waals surface area contributed by atoms with Crippen LogP contribution >= 0.6 is 0 Å². The monoisotopic (exact) mass is 449 g/mol. The van der Waals surface area contributed by atoms with Crippen LogP contribution in [0.1, 0.15) is 29.2 Å². The fourth-order valence-corrected chi connectivity index (χ4v) is 5.10. The molecule has 1 unspecified atom stereocenters. The lowest BCUT2D eigenvalue weighted by molar-refractivity contribution is -0.384. The number of non-ortho nitro benzene ring substituents is 1. The van der Waals surface area contributed by atoms with E-state index in [1.54, 1.807) is 42.5 Å². The highest BCUT2D eigenvalue weighted by Gasteiger charge is 2.32. The van der Waals surface area contributed by atoms with E-state index in [4.69, 9.17) is 0 Å². The van der Waals surface area contributed by atoms with Crippen molar-refractivity contribution in [2.45, 2.75) is 24.3 Å². The molecule has 0 saturated carbocycles. The molecule has 3 rings (SSSR count). The third-order valence-electron chi connectivity index (χ3n) is 5.06. The maximum absolute atomic E-state index is 13.8. The number of aliphatic hydroxyl groups excluding tert-OH is 1. The summed E-state index contributed by atoms with van der Waals surface area (Å²) in [4.78, 5) is 10.3. The molecule has 0 aromatic heterocycles. The molecule has 164 valence electrons. The summed E-state index contributed by atoms with van der Waals surface area (Å²) in [5, 5.41) is 22.3. The Hall–Kier alpha value is -3.55. The van der Waals surface area contributed by atoms with Crippen molar-refractivity contribution in [1.82, 2.24) is 0 Å². The minimum atomic E-state index is -4.11. The molecule has 0 radical (unpaired) electrons. The van der Waals surface area contributed by atoms with E-state index in [9.17, 15) is 23.6 Å². The number of benzene rings is 3. The third kappa shape index (κ3) is 4.85. The summed E-state index contributed by atoms with van der Waals surface area (Å²) in [6, 6.07) is 20.5. The standard InChI is InChI=1S/C25H23NO5S/c1-3-7-23(19-8-5-4-6-9-19)25(32(30,31)22-16-10-18(2)11-17-22)24(27)20-12-14-21(15-13-20)26(28)29/h3-6,8-17,24,27H,1,7H2,2H3/b25-23-. The van der Waals surface area contributed by atoms with Crippen molar-refractivity contribution in [2.24, 2.45) is 0 Å². The van der Waals surface area contributed by atoms with Gasteiger partial charge in [-0.2, -0.15) is 0 Å². The molecule has 0 heterocycles. The van der Waals surface area contributed by atoms with Crippen LogP contribution < -0.4 is 0 Å². The second-order valence-corrected chi connectivity index (χ2v) is 9.19. The molecule has 3 aromatic rings. The average Bonchev–Trinajstić information content (AvgIpc) is 2.79. The maximum Gasteiger partial charge on any atom is 0.269 e. The molecule has 7 heteroatoms. The first-order valence-corrected chi connectivity index (χ1v) is 11.4. The zero-order valence-electron chi connectivity index (χ0n) is 17.5. The molecular formula is C25H23NO5S. The molecule has 6 nitrogen and oxygen atoms in total. The van der Waals surface area contributed by atoms with Gasteiger partial charge < -0.3 is 5.11 Å². The van der Waals surface area contributed by atoms with Gasteiger partial charge in [0.05, 0.1) is 14.7 Å². The Kier molecular flexibility index (Phi) is 7.02. The van der Waals surface area contributed by atoms with E-state index in [-0.39, 0.29) is 27.5 Å². The molecule has 1 atom stereocenters. The maximum atomic E-state index is 13.8. The molecule has 0 aliphatic heterocycles. The number of nitrogens with zero attached hydrogens (tertiary/aromatic N) is 1. The van der Waals surface area contributed by atoms with Crippen LogP contribution in [0.15, 0.2) is 101 Å². The average molecular weight is 450 g/mol. The largest absolute Gasteiger partial charge is 0.383 e. The van der Waals surface area contributed by atoms with Gasteiger partial charge in [0.1, 0.15) is 6.10 Å². The van der Waals surface area contributed by atoms with Gasteiger partial charge in [-0.25, -0.2) is 8.42 Å². The van der Waals surface area contributed by atoms with Crippen molar-refractivity contribution < 1.29 is 18.4 Å². The molecular weight excluding hydrogens is 426 g/mol. The van der Waals surface area contributed by atoms with Gasteiger partial charge >= 0.3 is 0 Å². The summed E-state index contributed by atoms with van der Waals surface area (Å²) in [5.41, 5.74) is 2.03. The molecule has 0 aliphatic rings. The van der Waals surface area contributed by atoms with E-state index in [1.165, 1.54) is 36.4 Å². The number of sulfone groups is 1. The molecule has 1 N–H and O–H groups in total. The number of nitro benzene ring substituents is 1. The Morgan fingerprint density at radius 3 is 2.16 bits per heavy atom. The first-order valence-electron chi connectivity index (χ1n) is 9.89. The van der Waals surface area contributed by atoms with Crippen LogP contribution in [0.3, 0.4) is 0 Å². The highest BCUT2D eigenvalue weighted by atomic mass is 32.2. The first-order chi connectivity index (χ1) is 15.3. The van der Waals surface area contributed by atoms with Crippen molar-refractivity contribution in [2.75, 3.05) is 0 Å². The molecule has 0 amide bonds. The van der Waals surface area contributed by atoms with Crippen LogP contribution in [-0.4, -0.2) is 18.4 Å². The van der Waals surface area contributed by atoms with Crippen molar-refractivity contribution in [1.29, 1.82) is 0 Å². The Balaban J connectivity index is 2.28. The van der Waals surface area contributed by atoms with Gasteiger partial charge in [0.15, 0.2) is 0 Å². The second kappa shape index (κ2) is 9.72. The van der Waals surface area contributed by atoms with Gasteiger partial charge in [0.2, 0.25) is 9.84 Å². The first kappa shape index (κ1) is 23.1. The number of allylic oxidation sites excluding steroid dienone is 2. The lowest BCUT2D eigenvalue weighted by Gasteiger charge is -2.21. The second-order valence-electron chi connectivity index (χ2n) is 7.27. The van der Waals surface area contributed by atoms with Crippen LogP contribution in [-0.2, 0) is 9.84 Å². The van der Waals surface area contributed by atoms with Crippen LogP contribution in [0, 0.1) is 17.0 Å². The number of aryl methyl sites for hydroxylation is 1. The van der Waals surface area contributed by atoms with Gasteiger partial charge in [-0.05, 0) is 54.3 Å². The predicted octanol–water partition coefficient (Wildman–Crippen LogP) is 5.40. The fraction of sp³-hybridized carbons (Fsp3) is 0.120. The smallest absolute Gasteiger partial charge is 0.269 e. The van der Waals surface area contributed by atoms with Crippen LogP contribution in [0.2, 0.25) is 0 Å². The Morgan fingerprint density at radius 1 is 1.03 bits per heavy atom. The predicted molar refractivity (Wildman–Crippen MR) is 125 cm³/mol. The zero-order chi connectivity index (χ0) is 23.3. The molecule has 0 saturated heterocycles. The van der Waals surface area contributed by atoms with E-state index in [2.05, 4.69) is 6.58 Å². The summed E-state index contributed by atoms with van der Waals surface area (Å²) >= 11 is 0. The SMILES string of the molecule is C=CC/C(=C(\C(O)c1ccc([N+](=O)[O-])cc1)S(=O)(=O)c1ccc(C)cc1)c1ccccc1. The highest BCUT2D eigenvalue weighted by molar-refractivity contribution is 7.95. The number of hydrogen-bond donors (Lipinski definition) is 1. The van der Waals surface area contributed by atoms with Crippen LogP contribution in [0.4, 0.5) is 5.69 Å². The number of hydrogen-bond acceptors (Lipinski definition) is 5. The Bertz CT molecular complexity index is 1250. The van der Waals surface area contributed by atoms with Crippen LogP contribution in [0.25, 0.3) is 5.57 Å². The topological polar surface area (TPSA) is 97.5 Å². The fourth-order valence-electron chi connectivity index (χ4n) is 3.39. The van der Waals surface area contributed by atoms with Gasteiger partial charge in [-0.3, -0.25) is 10.1 Å². The zero-order valence-corrected chi connectivity index (χ0v) is 18.3. The van der Waals surface area contributed by atoms with E-state index in [1.807, 2.05) is 13.0 Å². The summed E-state index contributed by atoms with van der Waals surface area (Å²) in [6.07, 6.45) is 0.251. The number of rotatable bonds is 8.